The SMILES string of the molecule is CN=C(NCc1nc(C)c(C)s1)NC(C)c1cccs1.I. The fraction of sp³-hybridized carbons (Fsp3) is 0.429. The van der Waals surface area contributed by atoms with Crippen LogP contribution in [0.2, 0.25) is 0 Å². The lowest BCUT2D eigenvalue weighted by atomic mass is 10.3. The quantitative estimate of drug-likeness (QED) is 0.435. The highest BCUT2D eigenvalue weighted by molar-refractivity contribution is 14.0. The summed E-state index contributed by atoms with van der Waals surface area (Å²) in [5, 5.41) is 9.88. The monoisotopic (exact) mass is 436 g/mol. The third-order valence-electron chi connectivity index (χ3n) is 3.03. The number of aryl methyl sites for hydroxylation is 2. The first kappa shape index (κ1) is 18.4. The van der Waals surface area contributed by atoms with E-state index in [0.29, 0.717) is 6.54 Å². The van der Waals surface area contributed by atoms with Gasteiger partial charge in [-0.3, -0.25) is 4.99 Å². The number of rotatable bonds is 4. The first-order chi connectivity index (χ1) is 9.60. The fourth-order valence-corrected chi connectivity index (χ4v) is 3.39. The van der Waals surface area contributed by atoms with Gasteiger partial charge in [0.05, 0.1) is 18.3 Å². The molecule has 0 aliphatic carbocycles. The number of hydrogen-bond acceptors (Lipinski definition) is 4. The van der Waals surface area contributed by atoms with E-state index < -0.39 is 0 Å². The maximum absolute atomic E-state index is 4.52. The molecule has 2 rings (SSSR count). The minimum atomic E-state index is 0. The normalized spacial score (nSPS) is 12.7. The molecule has 4 nitrogen and oxygen atoms in total. The third kappa shape index (κ3) is 5.23. The van der Waals surface area contributed by atoms with Gasteiger partial charge in [-0.1, -0.05) is 6.07 Å². The minimum Gasteiger partial charge on any atom is -0.350 e. The molecule has 2 heterocycles. The van der Waals surface area contributed by atoms with Crippen LogP contribution in [0.5, 0.6) is 0 Å². The van der Waals surface area contributed by atoms with Crippen molar-refractivity contribution in [2.24, 2.45) is 4.99 Å². The third-order valence-corrected chi connectivity index (χ3v) is 5.15. The lowest BCUT2D eigenvalue weighted by molar-refractivity contribution is 0.695. The number of halogens is 1. The van der Waals surface area contributed by atoms with Crippen LogP contribution in [0.15, 0.2) is 22.5 Å². The number of nitrogens with zero attached hydrogens (tertiary/aromatic N) is 2. The van der Waals surface area contributed by atoms with Crippen LogP contribution in [0.3, 0.4) is 0 Å². The van der Waals surface area contributed by atoms with Crippen molar-refractivity contribution in [1.29, 1.82) is 0 Å². The van der Waals surface area contributed by atoms with Crippen LogP contribution < -0.4 is 10.6 Å². The molecule has 2 aromatic heterocycles. The van der Waals surface area contributed by atoms with Gasteiger partial charge >= 0.3 is 0 Å². The molecule has 0 saturated carbocycles. The van der Waals surface area contributed by atoms with Crippen LogP contribution in [-0.4, -0.2) is 18.0 Å². The Morgan fingerprint density at radius 1 is 1.43 bits per heavy atom. The summed E-state index contributed by atoms with van der Waals surface area (Å²) in [6.07, 6.45) is 0. The van der Waals surface area contributed by atoms with Crippen LogP contribution in [0.1, 0.15) is 33.4 Å². The van der Waals surface area contributed by atoms with Crippen molar-refractivity contribution >= 4 is 52.6 Å². The molecule has 0 bridgehead atoms. The molecule has 7 heteroatoms. The van der Waals surface area contributed by atoms with E-state index in [2.05, 4.69) is 52.0 Å². The Bertz CT molecular complexity index is 558. The summed E-state index contributed by atoms with van der Waals surface area (Å²) >= 11 is 3.48. The molecule has 21 heavy (non-hydrogen) atoms. The van der Waals surface area contributed by atoms with Crippen molar-refractivity contribution in [2.45, 2.75) is 33.4 Å². The average molecular weight is 436 g/mol. The Kier molecular flexibility index (Phi) is 7.61. The lowest BCUT2D eigenvalue weighted by Gasteiger charge is -2.16. The zero-order valence-corrected chi connectivity index (χ0v) is 16.6. The topological polar surface area (TPSA) is 49.3 Å². The summed E-state index contributed by atoms with van der Waals surface area (Å²) in [4.78, 5) is 11.4. The van der Waals surface area contributed by atoms with Crippen molar-refractivity contribution in [3.8, 4) is 0 Å². The van der Waals surface area contributed by atoms with Gasteiger partial charge in [0, 0.05) is 16.8 Å². The molecule has 0 radical (unpaired) electrons. The smallest absolute Gasteiger partial charge is 0.191 e. The minimum absolute atomic E-state index is 0. The van der Waals surface area contributed by atoms with E-state index in [9.17, 15) is 0 Å². The highest BCUT2D eigenvalue weighted by Crippen LogP contribution is 2.18. The zero-order chi connectivity index (χ0) is 14.5. The van der Waals surface area contributed by atoms with Gasteiger partial charge in [-0.2, -0.15) is 0 Å². The summed E-state index contributed by atoms with van der Waals surface area (Å²) in [5.41, 5.74) is 1.11. The maximum atomic E-state index is 4.52. The van der Waals surface area contributed by atoms with E-state index in [1.807, 2.05) is 6.92 Å². The Morgan fingerprint density at radius 2 is 2.19 bits per heavy atom. The standard InChI is InChI=1S/C14H20N4S2.HI/c1-9-11(3)20-13(17-9)8-16-14(15-4)18-10(2)12-6-5-7-19-12;/h5-7,10H,8H2,1-4H3,(H2,15,16,18);1H. The van der Waals surface area contributed by atoms with Gasteiger partial charge in [0.15, 0.2) is 5.96 Å². The van der Waals surface area contributed by atoms with Crippen molar-refractivity contribution in [2.75, 3.05) is 7.05 Å². The molecular weight excluding hydrogens is 415 g/mol. The summed E-state index contributed by atoms with van der Waals surface area (Å²) in [5.74, 6) is 0.802. The number of nitrogens with one attached hydrogen (secondary N) is 2. The van der Waals surface area contributed by atoms with Crippen LogP contribution in [0.4, 0.5) is 0 Å². The molecule has 0 fully saturated rings. The number of thiophene rings is 1. The van der Waals surface area contributed by atoms with Gasteiger partial charge in [0.25, 0.3) is 0 Å². The van der Waals surface area contributed by atoms with Crippen molar-refractivity contribution in [3.05, 3.63) is 38.0 Å². The van der Waals surface area contributed by atoms with Crippen LogP contribution in [0, 0.1) is 13.8 Å². The molecule has 1 unspecified atom stereocenters. The second-order valence-electron chi connectivity index (χ2n) is 4.56. The number of hydrogen-bond donors (Lipinski definition) is 2. The van der Waals surface area contributed by atoms with E-state index in [0.717, 1.165) is 16.7 Å². The highest BCUT2D eigenvalue weighted by atomic mass is 127. The molecule has 0 aliphatic rings. The molecule has 2 aromatic rings. The molecule has 2 N–H and O–H groups in total. The number of aromatic nitrogens is 1. The van der Waals surface area contributed by atoms with Gasteiger partial charge in [0.2, 0.25) is 0 Å². The largest absolute Gasteiger partial charge is 0.350 e. The Labute approximate surface area is 151 Å². The Balaban J connectivity index is 0.00000220. The van der Waals surface area contributed by atoms with Gasteiger partial charge in [-0.05, 0) is 32.2 Å². The van der Waals surface area contributed by atoms with Gasteiger partial charge in [0.1, 0.15) is 5.01 Å². The van der Waals surface area contributed by atoms with E-state index >= 15 is 0 Å². The summed E-state index contributed by atoms with van der Waals surface area (Å²) in [7, 11) is 1.79. The Morgan fingerprint density at radius 3 is 2.71 bits per heavy atom. The molecule has 0 aromatic carbocycles. The molecule has 0 aliphatic heterocycles. The predicted octanol–water partition coefficient (Wildman–Crippen LogP) is 3.87. The molecular formula is C14H21IN4S2. The van der Waals surface area contributed by atoms with Crippen molar-refractivity contribution in [3.63, 3.8) is 0 Å². The number of aliphatic imine (C=N–C) groups is 1. The zero-order valence-electron chi connectivity index (χ0n) is 12.6. The summed E-state index contributed by atoms with van der Waals surface area (Å²) in [6, 6.07) is 4.44. The average Bonchev–Trinajstić information content (AvgIpc) is 3.05. The highest BCUT2D eigenvalue weighted by Gasteiger charge is 2.09. The van der Waals surface area contributed by atoms with E-state index in [-0.39, 0.29) is 30.0 Å². The maximum Gasteiger partial charge on any atom is 0.191 e. The van der Waals surface area contributed by atoms with Gasteiger partial charge < -0.3 is 10.6 Å². The second kappa shape index (κ2) is 8.70. The van der Waals surface area contributed by atoms with Crippen LogP contribution in [-0.2, 0) is 6.54 Å². The first-order valence-corrected chi connectivity index (χ1v) is 8.23. The van der Waals surface area contributed by atoms with Gasteiger partial charge in [-0.15, -0.1) is 46.7 Å². The van der Waals surface area contributed by atoms with Crippen molar-refractivity contribution < 1.29 is 0 Å². The lowest BCUT2D eigenvalue weighted by Crippen LogP contribution is -2.38. The molecule has 1 atom stereocenters. The molecule has 116 valence electrons. The van der Waals surface area contributed by atoms with Crippen molar-refractivity contribution in [1.82, 2.24) is 15.6 Å². The predicted molar refractivity (Wildman–Crippen MR) is 103 cm³/mol. The van der Waals surface area contributed by atoms with Crippen LogP contribution in [0.25, 0.3) is 0 Å². The fourth-order valence-electron chi connectivity index (χ4n) is 1.78. The van der Waals surface area contributed by atoms with E-state index in [4.69, 9.17) is 0 Å². The summed E-state index contributed by atoms with van der Waals surface area (Å²) < 4.78 is 0. The molecule has 0 spiro atoms. The number of thiazole rings is 1. The van der Waals surface area contributed by atoms with Crippen LogP contribution >= 0.6 is 46.7 Å². The molecule has 0 amide bonds. The van der Waals surface area contributed by atoms with E-state index in [1.165, 1.54) is 9.75 Å². The summed E-state index contributed by atoms with van der Waals surface area (Å²) in [6.45, 7) is 6.98. The Hall–Kier alpha value is -0.670. The molecule has 0 saturated heterocycles. The van der Waals surface area contributed by atoms with E-state index in [1.54, 1.807) is 29.7 Å². The van der Waals surface area contributed by atoms with Gasteiger partial charge in [-0.25, -0.2) is 4.98 Å². The first-order valence-electron chi connectivity index (χ1n) is 6.53. The second-order valence-corrected chi connectivity index (χ2v) is 6.82. The number of guanidine groups is 1.